The van der Waals surface area contributed by atoms with Gasteiger partial charge in [-0.15, -0.1) is 0 Å². The van der Waals surface area contributed by atoms with E-state index in [0.717, 1.165) is 11.3 Å². The summed E-state index contributed by atoms with van der Waals surface area (Å²) in [5.74, 6) is -0.976. The lowest BCUT2D eigenvalue weighted by Crippen LogP contribution is -2.26. The second kappa shape index (κ2) is 8.45. The van der Waals surface area contributed by atoms with Crippen molar-refractivity contribution in [2.75, 3.05) is 19.0 Å². The largest absolute Gasteiger partial charge is 0.494 e. The first-order valence-corrected chi connectivity index (χ1v) is 9.47. The minimum Gasteiger partial charge on any atom is -0.494 e. The van der Waals surface area contributed by atoms with E-state index in [0.29, 0.717) is 25.3 Å². The van der Waals surface area contributed by atoms with Crippen LogP contribution in [-0.4, -0.2) is 29.4 Å². The van der Waals surface area contributed by atoms with Gasteiger partial charge in [-0.05, 0) is 30.2 Å². The second-order valence-corrected chi connectivity index (χ2v) is 6.92. The third-order valence-corrected chi connectivity index (χ3v) is 5.06. The van der Waals surface area contributed by atoms with Crippen LogP contribution in [0, 0.1) is 11.7 Å². The fourth-order valence-corrected chi connectivity index (χ4v) is 3.60. The van der Waals surface area contributed by atoms with E-state index in [1.165, 1.54) is 19.2 Å². The van der Waals surface area contributed by atoms with Gasteiger partial charge in [0.1, 0.15) is 6.10 Å². The molecule has 0 spiro atoms. The summed E-state index contributed by atoms with van der Waals surface area (Å²) in [5.41, 5.74) is 2.36. The number of nitrogens with one attached hydrogen (secondary N) is 1. The molecule has 0 saturated carbocycles. The number of rotatable bonds is 6. The molecule has 1 amide bonds. The lowest BCUT2D eigenvalue weighted by Gasteiger charge is -2.20. The smallest absolute Gasteiger partial charge is 0.230 e. The molecule has 1 aromatic heterocycles. The van der Waals surface area contributed by atoms with Crippen LogP contribution < -0.4 is 10.1 Å². The Morgan fingerprint density at radius 3 is 2.86 bits per heavy atom. The number of halogens is 1. The molecular formula is C22H22FN3O3. The summed E-state index contributed by atoms with van der Waals surface area (Å²) in [6.45, 7) is 1.08. The van der Waals surface area contributed by atoms with Crippen LogP contribution in [0.25, 0.3) is 0 Å². The van der Waals surface area contributed by atoms with Gasteiger partial charge in [0, 0.05) is 24.6 Å². The topological polar surface area (TPSA) is 65.4 Å². The van der Waals surface area contributed by atoms with Crippen LogP contribution in [0.5, 0.6) is 5.75 Å². The molecule has 1 fully saturated rings. The molecule has 0 aliphatic carbocycles. The van der Waals surface area contributed by atoms with E-state index >= 15 is 0 Å². The number of hydrogen-bond acceptors (Lipinski definition) is 4. The third kappa shape index (κ3) is 4.14. The molecule has 0 radical (unpaired) electrons. The summed E-state index contributed by atoms with van der Waals surface area (Å²) in [5, 5.41) is 7.20. The van der Waals surface area contributed by atoms with Crippen molar-refractivity contribution in [2.45, 2.75) is 19.1 Å². The number of nitrogens with zero attached hydrogens (tertiary/aromatic N) is 2. The van der Waals surface area contributed by atoms with E-state index < -0.39 is 11.9 Å². The molecule has 7 heteroatoms. The van der Waals surface area contributed by atoms with Gasteiger partial charge in [-0.1, -0.05) is 30.3 Å². The van der Waals surface area contributed by atoms with E-state index in [1.807, 2.05) is 41.1 Å². The first-order chi connectivity index (χ1) is 14.2. The minimum absolute atomic E-state index is 0.134. The van der Waals surface area contributed by atoms with Crippen molar-refractivity contribution < 1.29 is 18.7 Å². The maximum absolute atomic E-state index is 13.9. The van der Waals surface area contributed by atoms with Crippen LogP contribution in [0.2, 0.25) is 0 Å². The molecule has 6 nitrogen and oxygen atoms in total. The molecule has 0 bridgehead atoms. The van der Waals surface area contributed by atoms with Crippen LogP contribution in [0.3, 0.4) is 0 Å². The maximum Gasteiger partial charge on any atom is 0.230 e. The van der Waals surface area contributed by atoms with E-state index in [-0.39, 0.29) is 17.6 Å². The first kappa shape index (κ1) is 19.1. The van der Waals surface area contributed by atoms with Crippen LogP contribution >= 0.6 is 0 Å². The number of aromatic nitrogens is 2. The zero-order valence-electron chi connectivity index (χ0n) is 16.0. The highest BCUT2D eigenvalue weighted by Gasteiger charge is 2.37. The van der Waals surface area contributed by atoms with E-state index in [4.69, 9.17) is 9.47 Å². The first-order valence-electron chi connectivity index (χ1n) is 9.47. The van der Waals surface area contributed by atoms with Crippen molar-refractivity contribution in [1.29, 1.82) is 0 Å². The third-order valence-electron chi connectivity index (χ3n) is 5.06. The molecular weight excluding hydrogens is 373 g/mol. The Labute approximate surface area is 168 Å². The number of anilines is 1. The number of amides is 1. The Morgan fingerprint density at radius 1 is 1.28 bits per heavy atom. The summed E-state index contributed by atoms with van der Waals surface area (Å²) < 4.78 is 26.6. The lowest BCUT2D eigenvalue weighted by atomic mass is 9.97. The summed E-state index contributed by atoms with van der Waals surface area (Å²) in [6, 6.07) is 16.2. The van der Waals surface area contributed by atoms with E-state index in [2.05, 4.69) is 10.4 Å². The number of carbonyl (C=O) groups is 1. The second-order valence-electron chi connectivity index (χ2n) is 6.92. The molecule has 4 rings (SSSR count). The zero-order valence-corrected chi connectivity index (χ0v) is 16.0. The van der Waals surface area contributed by atoms with Crippen molar-refractivity contribution in [1.82, 2.24) is 9.78 Å². The average molecular weight is 395 g/mol. The van der Waals surface area contributed by atoms with Gasteiger partial charge in [-0.2, -0.15) is 5.10 Å². The van der Waals surface area contributed by atoms with Gasteiger partial charge >= 0.3 is 0 Å². The van der Waals surface area contributed by atoms with E-state index in [9.17, 15) is 9.18 Å². The van der Waals surface area contributed by atoms with Crippen molar-refractivity contribution in [2.24, 2.45) is 5.92 Å². The minimum atomic E-state index is -0.523. The average Bonchev–Trinajstić information content (AvgIpc) is 3.38. The predicted molar refractivity (Wildman–Crippen MR) is 106 cm³/mol. The van der Waals surface area contributed by atoms with Crippen LogP contribution in [0.1, 0.15) is 23.8 Å². The van der Waals surface area contributed by atoms with Crippen molar-refractivity contribution >= 4 is 11.6 Å². The number of methoxy groups -OCH3 is 1. The number of benzene rings is 2. The van der Waals surface area contributed by atoms with Crippen molar-refractivity contribution in [3.8, 4) is 5.75 Å². The maximum atomic E-state index is 13.9. The molecule has 29 heavy (non-hydrogen) atoms. The highest BCUT2D eigenvalue weighted by molar-refractivity contribution is 5.93. The Hall–Kier alpha value is -3.19. The Bertz CT molecular complexity index is 990. The summed E-state index contributed by atoms with van der Waals surface area (Å²) in [7, 11) is 1.40. The lowest BCUT2D eigenvalue weighted by molar-refractivity contribution is -0.121. The quantitative estimate of drug-likeness (QED) is 0.690. The summed E-state index contributed by atoms with van der Waals surface area (Å²) in [4.78, 5) is 12.9. The fourth-order valence-electron chi connectivity index (χ4n) is 3.60. The molecule has 1 aliphatic heterocycles. The van der Waals surface area contributed by atoms with Crippen LogP contribution in [0.4, 0.5) is 10.1 Å². The van der Waals surface area contributed by atoms with Gasteiger partial charge in [0.25, 0.3) is 0 Å². The Kier molecular flexibility index (Phi) is 5.57. The monoisotopic (exact) mass is 395 g/mol. The highest BCUT2D eigenvalue weighted by Crippen LogP contribution is 2.35. The van der Waals surface area contributed by atoms with Crippen molar-refractivity contribution in [3.05, 3.63) is 77.9 Å². The van der Waals surface area contributed by atoms with Crippen molar-refractivity contribution in [3.63, 3.8) is 0 Å². The van der Waals surface area contributed by atoms with Crippen LogP contribution in [0.15, 0.2) is 60.8 Å². The van der Waals surface area contributed by atoms with Gasteiger partial charge in [-0.3, -0.25) is 9.48 Å². The standard InChI is InChI=1S/C22H22FN3O3/c1-28-20-8-7-16(13-18(20)23)25-22(27)17-10-12-29-21(17)19-9-11-24-26(19)14-15-5-3-2-4-6-15/h2-9,11,13,17,21H,10,12,14H2,1H3,(H,25,27)/t17-,21-/m0/s1. The molecule has 150 valence electrons. The normalized spacial score (nSPS) is 18.6. The van der Waals surface area contributed by atoms with Crippen LogP contribution in [-0.2, 0) is 16.1 Å². The molecule has 1 N–H and O–H groups in total. The molecule has 2 aromatic carbocycles. The molecule has 1 aliphatic rings. The summed E-state index contributed by atoms with van der Waals surface area (Å²) >= 11 is 0. The zero-order chi connectivity index (χ0) is 20.2. The summed E-state index contributed by atoms with van der Waals surface area (Å²) in [6.07, 6.45) is 1.91. The molecule has 2 atom stereocenters. The fraction of sp³-hybridized carbons (Fsp3) is 0.273. The van der Waals surface area contributed by atoms with Gasteiger partial charge in [0.15, 0.2) is 11.6 Å². The Morgan fingerprint density at radius 2 is 2.10 bits per heavy atom. The van der Waals surface area contributed by atoms with Gasteiger partial charge in [0.2, 0.25) is 5.91 Å². The molecule has 1 saturated heterocycles. The number of carbonyl (C=O) groups excluding carboxylic acids is 1. The molecule has 3 aromatic rings. The van der Waals surface area contributed by atoms with Gasteiger partial charge in [0.05, 0.1) is 25.3 Å². The SMILES string of the molecule is COc1ccc(NC(=O)[C@H]2CCO[C@@H]2c2ccnn2Cc2ccccc2)cc1F. The molecule has 0 unspecified atom stereocenters. The van der Waals surface area contributed by atoms with E-state index in [1.54, 1.807) is 12.3 Å². The number of ether oxygens (including phenoxy) is 2. The highest BCUT2D eigenvalue weighted by atomic mass is 19.1. The van der Waals surface area contributed by atoms with Gasteiger partial charge in [-0.25, -0.2) is 4.39 Å². The predicted octanol–water partition coefficient (Wildman–Crippen LogP) is 3.80. The Balaban J connectivity index is 1.50. The molecule has 2 heterocycles. The number of hydrogen-bond donors (Lipinski definition) is 1. The van der Waals surface area contributed by atoms with Gasteiger partial charge < -0.3 is 14.8 Å².